The van der Waals surface area contributed by atoms with Crippen molar-refractivity contribution in [3.63, 3.8) is 0 Å². The third-order valence-corrected chi connectivity index (χ3v) is 5.45. The number of benzene rings is 2. The lowest BCUT2D eigenvalue weighted by atomic mass is 10.1. The summed E-state index contributed by atoms with van der Waals surface area (Å²) in [5.74, 6) is -0.256. The average molecular weight is 386 g/mol. The largest absolute Gasteiger partial charge is 0.330 e. The standard InChI is InChI=1S/C23H19FN4O/c24-19-9-4-8-17(14-19)18-11-12-21-22(25-26-28(21)15-18)20-10-5-13-27(20)23(29)16-6-2-1-3-7-16/h1-4,6-9,11-12,14-15,20H,5,10,13H2/t20-/m0/s1. The normalized spacial score (nSPS) is 16.4. The van der Waals surface area contributed by atoms with E-state index in [0.29, 0.717) is 12.1 Å². The number of carbonyl (C=O) groups is 1. The maximum atomic E-state index is 13.6. The molecule has 5 rings (SSSR count). The molecule has 5 nitrogen and oxygen atoms in total. The summed E-state index contributed by atoms with van der Waals surface area (Å²) in [6, 6.07) is 19.6. The number of hydrogen-bond donors (Lipinski definition) is 0. The van der Waals surface area contributed by atoms with Gasteiger partial charge in [0.05, 0.1) is 11.6 Å². The first-order chi connectivity index (χ1) is 14.2. The number of halogens is 1. The summed E-state index contributed by atoms with van der Waals surface area (Å²) >= 11 is 0. The summed E-state index contributed by atoms with van der Waals surface area (Å²) in [5.41, 5.74) is 3.99. The van der Waals surface area contributed by atoms with E-state index in [1.165, 1.54) is 12.1 Å². The Kier molecular flexibility index (Phi) is 4.31. The molecule has 1 amide bonds. The highest BCUT2D eigenvalue weighted by atomic mass is 19.1. The number of aromatic nitrogens is 3. The van der Waals surface area contributed by atoms with Crippen LogP contribution in [0.25, 0.3) is 16.6 Å². The van der Waals surface area contributed by atoms with Crippen LogP contribution in [-0.2, 0) is 0 Å². The van der Waals surface area contributed by atoms with Gasteiger partial charge in [-0.1, -0.05) is 41.6 Å². The highest BCUT2D eigenvalue weighted by Crippen LogP contribution is 2.34. The van der Waals surface area contributed by atoms with Crippen LogP contribution >= 0.6 is 0 Å². The van der Waals surface area contributed by atoms with E-state index in [2.05, 4.69) is 10.3 Å². The van der Waals surface area contributed by atoms with Crippen molar-refractivity contribution >= 4 is 11.4 Å². The lowest BCUT2D eigenvalue weighted by Crippen LogP contribution is -2.30. The quantitative estimate of drug-likeness (QED) is 0.520. The van der Waals surface area contributed by atoms with Crippen molar-refractivity contribution in [2.24, 2.45) is 0 Å². The Balaban J connectivity index is 1.49. The zero-order valence-electron chi connectivity index (χ0n) is 15.7. The zero-order chi connectivity index (χ0) is 19.8. The predicted molar refractivity (Wildman–Crippen MR) is 108 cm³/mol. The monoisotopic (exact) mass is 386 g/mol. The van der Waals surface area contributed by atoms with E-state index in [9.17, 15) is 9.18 Å². The smallest absolute Gasteiger partial charge is 0.254 e. The molecule has 1 atom stereocenters. The van der Waals surface area contributed by atoms with E-state index in [0.717, 1.165) is 35.2 Å². The zero-order valence-corrected chi connectivity index (χ0v) is 15.7. The molecule has 1 fully saturated rings. The Hall–Kier alpha value is -3.54. The molecule has 144 valence electrons. The van der Waals surface area contributed by atoms with Crippen molar-refractivity contribution in [2.45, 2.75) is 18.9 Å². The number of hydrogen-bond acceptors (Lipinski definition) is 3. The molecule has 0 unspecified atom stereocenters. The van der Waals surface area contributed by atoms with Crippen molar-refractivity contribution in [1.29, 1.82) is 0 Å². The number of pyridine rings is 1. The van der Waals surface area contributed by atoms with Gasteiger partial charge in [0.2, 0.25) is 0 Å². The number of likely N-dealkylation sites (tertiary alicyclic amines) is 1. The summed E-state index contributed by atoms with van der Waals surface area (Å²) in [6.07, 6.45) is 3.64. The Morgan fingerprint density at radius 3 is 2.69 bits per heavy atom. The molecule has 1 saturated heterocycles. The van der Waals surface area contributed by atoms with Crippen LogP contribution in [0.5, 0.6) is 0 Å². The fourth-order valence-electron chi connectivity index (χ4n) is 4.03. The van der Waals surface area contributed by atoms with Crippen molar-refractivity contribution in [3.05, 3.63) is 90.0 Å². The molecule has 0 saturated carbocycles. The molecule has 1 aliphatic heterocycles. The van der Waals surface area contributed by atoms with Gasteiger partial charge in [-0.25, -0.2) is 8.91 Å². The van der Waals surface area contributed by atoms with Gasteiger partial charge >= 0.3 is 0 Å². The molecule has 1 aliphatic rings. The number of nitrogens with zero attached hydrogens (tertiary/aromatic N) is 4. The van der Waals surface area contributed by atoms with Crippen LogP contribution < -0.4 is 0 Å². The summed E-state index contributed by atoms with van der Waals surface area (Å²) in [7, 11) is 0. The van der Waals surface area contributed by atoms with Crippen LogP contribution in [0.1, 0.15) is 34.9 Å². The molecule has 4 aromatic rings. The lowest BCUT2D eigenvalue weighted by molar-refractivity contribution is 0.0734. The van der Waals surface area contributed by atoms with E-state index in [4.69, 9.17) is 0 Å². The fraction of sp³-hybridized carbons (Fsp3) is 0.174. The van der Waals surface area contributed by atoms with Gasteiger partial charge in [0.15, 0.2) is 0 Å². The maximum absolute atomic E-state index is 13.6. The SMILES string of the molecule is O=C(c1ccccc1)N1CCC[C@H]1c1nnn2cc(-c3cccc(F)c3)ccc12. The third-order valence-electron chi connectivity index (χ3n) is 5.45. The van der Waals surface area contributed by atoms with Crippen LogP contribution in [0.2, 0.25) is 0 Å². The van der Waals surface area contributed by atoms with Crippen molar-refractivity contribution in [1.82, 2.24) is 19.7 Å². The molecule has 2 aromatic heterocycles. The summed E-state index contributed by atoms with van der Waals surface area (Å²) < 4.78 is 15.3. The Morgan fingerprint density at radius 2 is 1.86 bits per heavy atom. The van der Waals surface area contributed by atoms with Crippen LogP contribution in [0.15, 0.2) is 72.9 Å². The van der Waals surface area contributed by atoms with Crippen molar-refractivity contribution in [3.8, 4) is 11.1 Å². The molecule has 6 heteroatoms. The maximum Gasteiger partial charge on any atom is 0.254 e. The first kappa shape index (κ1) is 17.6. The molecule has 0 bridgehead atoms. The number of rotatable bonds is 3. The molecule has 3 heterocycles. The first-order valence-corrected chi connectivity index (χ1v) is 9.67. The molecule has 0 radical (unpaired) electrons. The third kappa shape index (κ3) is 3.16. The molecular formula is C23H19FN4O. The van der Waals surface area contributed by atoms with Gasteiger partial charge in [0, 0.05) is 23.9 Å². The second kappa shape index (κ2) is 7.13. The average Bonchev–Trinajstić information content (AvgIpc) is 3.40. The Morgan fingerprint density at radius 1 is 1.00 bits per heavy atom. The lowest BCUT2D eigenvalue weighted by Gasteiger charge is -2.23. The van der Waals surface area contributed by atoms with Crippen LogP contribution in [0.3, 0.4) is 0 Å². The van der Waals surface area contributed by atoms with E-state index in [1.54, 1.807) is 10.6 Å². The highest BCUT2D eigenvalue weighted by Gasteiger charge is 2.33. The second-order valence-electron chi connectivity index (χ2n) is 7.26. The van der Waals surface area contributed by atoms with Gasteiger partial charge < -0.3 is 4.90 Å². The molecule has 0 N–H and O–H groups in total. The molecule has 0 aliphatic carbocycles. The minimum absolute atomic E-state index is 0.0191. The summed E-state index contributed by atoms with van der Waals surface area (Å²) in [5, 5.41) is 8.67. The van der Waals surface area contributed by atoms with E-state index in [1.807, 2.05) is 59.6 Å². The molecule has 29 heavy (non-hydrogen) atoms. The van der Waals surface area contributed by atoms with E-state index in [-0.39, 0.29) is 17.8 Å². The van der Waals surface area contributed by atoms with E-state index < -0.39 is 0 Å². The number of carbonyl (C=O) groups excluding carboxylic acids is 1. The Labute approximate surface area is 167 Å². The van der Waals surface area contributed by atoms with Gasteiger partial charge in [-0.05, 0) is 48.7 Å². The summed E-state index contributed by atoms with van der Waals surface area (Å²) in [4.78, 5) is 14.9. The van der Waals surface area contributed by atoms with Crippen LogP contribution in [0.4, 0.5) is 4.39 Å². The Bertz CT molecular complexity index is 1190. The van der Waals surface area contributed by atoms with Gasteiger partial charge in [-0.2, -0.15) is 0 Å². The van der Waals surface area contributed by atoms with Crippen LogP contribution in [0, 0.1) is 5.82 Å². The van der Waals surface area contributed by atoms with Crippen molar-refractivity contribution in [2.75, 3.05) is 6.54 Å². The van der Waals surface area contributed by atoms with Crippen LogP contribution in [-0.4, -0.2) is 32.2 Å². The summed E-state index contributed by atoms with van der Waals surface area (Å²) in [6.45, 7) is 0.707. The fourth-order valence-corrected chi connectivity index (χ4v) is 4.03. The number of fused-ring (bicyclic) bond motifs is 1. The number of amides is 1. The van der Waals surface area contributed by atoms with E-state index >= 15 is 0 Å². The van der Waals surface area contributed by atoms with Gasteiger partial charge in [0.25, 0.3) is 5.91 Å². The highest BCUT2D eigenvalue weighted by molar-refractivity contribution is 5.94. The van der Waals surface area contributed by atoms with Gasteiger partial charge in [0.1, 0.15) is 11.5 Å². The minimum atomic E-state index is -0.275. The molecule has 2 aromatic carbocycles. The van der Waals surface area contributed by atoms with Crippen molar-refractivity contribution < 1.29 is 9.18 Å². The van der Waals surface area contributed by atoms with Gasteiger partial charge in [-0.15, -0.1) is 5.10 Å². The topological polar surface area (TPSA) is 50.5 Å². The predicted octanol–water partition coefficient (Wildman–Crippen LogP) is 4.51. The molecule has 0 spiro atoms. The minimum Gasteiger partial charge on any atom is -0.330 e. The second-order valence-corrected chi connectivity index (χ2v) is 7.26. The van der Waals surface area contributed by atoms with Gasteiger partial charge in [-0.3, -0.25) is 4.79 Å². The molecular weight excluding hydrogens is 367 g/mol. The first-order valence-electron chi connectivity index (χ1n) is 9.67.